The van der Waals surface area contributed by atoms with Gasteiger partial charge in [-0.15, -0.1) is 0 Å². The lowest BCUT2D eigenvalue weighted by Crippen LogP contribution is -2.54. The molecule has 0 saturated carbocycles. The van der Waals surface area contributed by atoms with E-state index in [1.54, 1.807) is 13.1 Å². The highest BCUT2D eigenvalue weighted by Gasteiger charge is 2.27. The lowest BCUT2D eigenvalue weighted by molar-refractivity contribution is 0.0982. The molecule has 2 rings (SSSR count). The standard InChI is InChI=1S/C18H29FN4/c1-18(2,23-10-5-4-6-11-23)14-22-17(20-3)21-13-15-8-7-9-16(19)12-15/h7-9,12H,4-6,10-11,13-14H2,1-3H3,(H2,20,21,22). The Morgan fingerprint density at radius 1 is 1.22 bits per heavy atom. The van der Waals surface area contributed by atoms with Crippen molar-refractivity contribution in [3.05, 3.63) is 35.6 Å². The monoisotopic (exact) mass is 320 g/mol. The zero-order valence-electron chi connectivity index (χ0n) is 14.5. The molecule has 1 aliphatic heterocycles. The maximum atomic E-state index is 13.2. The van der Waals surface area contributed by atoms with E-state index >= 15 is 0 Å². The Labute approximate surface area is 139 Å². The molecule has 0 unspecified atom stereocenters. The van der Waals surface area contributed by atoms with Crippen molar-refractivity contribution >= 4 is 5.96 Å². The Kier molecular flexibility index (Phi) is 6.39. The fourth-order valence-corrected chi connectivity index (χ4v) is 2.96. The molecular formula is C18H29FN4. The molecule has 128 valence electrons. The van der Waals surface area contributed by atoms with Gasteiger partial charge in [0.05, 0.1) is 0 Å². The average molecular weight is 320 g/mol. The predicted octanol–water partition coefficient (Wildman–Crippen LogP) is 2.76. The van der Waals surface area contributed by atoms with Gasteiger partial charge in [0, 0.05) is 25.7 Å². The first-order chi connectivity index (χ1) is 11.0. The summed E-state index contributed by atoms with van der Waals surface area (Å²) in [5, 5.41) is 6.64. The van der Waals surface area contributed by atoms with E-state index in [0.29, 0.717) is 6.54 Å². The van der Waals surface area contributed by atoms with E-state index in [2.05, 4.69) is 34.4 Å². The van der Waals surface area contributed by atoms with Crippen molar-refractivity contribution in [3.8, 4) is 0 Å². The van der Waals surface area contributed by atoms with Gasteiger partial charge in [-0.2, -0.15) is 0 Å². The van der Waals surface area contributed by atoms with E-state index in [9.17, 15) is 4.39 Å². The molecule has 1 aromatic carbocycles. The first-order valence-corrected chi connectivity index (χ1v) is 8.45. The number of halogens is 1. The van der Waals surface area contributed by atoms with Gasteiger partial charge in [0.25, 0.3) is 0 Å². The second-order valence-corrected chi connectivity index (χ2v) is 6.77. The van der Waals surface area contributed by atoms with Crippen LogP contribution in [0.1, 0.15) is 38.7 Å². The lowest BCUT2D eigenvalue weighted by atomic mass is 9.98. The molecule has 0 atom stereocenters. The van der Waals surface area contributed by atoms with Gasteiger partial charge in [-0.25, -0.2) is 4.39 Å². The summed E-state index contributed by atoms with van der Waals surface area (Å²) < 4.78 is 13.2. The van der Waals surface area contributed by atoms with E-state index < -0.39 is 0 Å². The average Bonchev–Trinajstić information content (AvgIpc) is 2.56. The Morgan fingerprint density at radius 3 is 2.61 bits per heavy atom. The van der Waals surface area contributed by atoms with Crippen LogP contribution in [0.4, 0.5) is 4.39 Å². The van der Waals surface area contributed by atoms with E-state index in [1.807, 2.05) is 6.07 Å². The van der Waals surface area contributed by atoms with Gasteiger partial charge in [-0.05, 0) is 57.5 Å². The molecule has 4 nitrogen and oxygen atoms in total. The predicted molar refractivity (Wildman–Crippen MR) is 94.1 cm³/mol. The van der Waals surface area contributed by atoms with Crippen molar-refractivity contribution in [2.24, 2.45) is 4.99 Å². The van der Waals surface area contributed by atoms with Gasteiger partial charge in [0.15, 0.2) is 5.96 Å². The first-order valence-electron chi connectivity index (χ1n) is 8.45. The number of piperidine rings is 1. The van der Waals surface area contributed by atoms with Crippen LogP contribution in [-0.2, 0) is 6.54 Å². The third-order valence-electron chi connectivity index (χ3n) is 4.47. The van der Waals surface area contributed by atoms with Crippen molar-refractivity contribution in [2.75, 3.05) is 26.7 Å². The van der Waals surface area contributed by atoms with Gasteiger partial charge >= 0.3 is 0 Å². The zero-order chi connectivity index (χ0) is 16.7. The highest BCUT2D eigenvalue weighted by molar-refractivity contribution is 5.79. The summed E-state index contributed by atoms with van der Waals surface area (Å²) in [6, 6.07) is 6.62. The van der Waals surface area contributed by atoms with Crippen LogP contribution < -0.4 is 10.6 Å². The molecule has 0 amide bonds. The molecule has 0 bridgehead atoms. The molecule has 1 saturated heterocycles. The molecule has 0 aromatic heterocycles. The molecule has 5 heteroatoms. The molecule has 1 heterocycles. The Morgan fingerprint density at radius 2 is 1.96 bits per heavy atom. The number of likely N-dealkylation sites (tertiary alicyclic amines) is 1. The van der Waals surface area contributed by atoms with E-state index in [1.165, 1.54) is 44.5 Å². The minimum atomic E-state index is -0.210. The van der Waals surface area contributed by atoms with E-state index in [0.717, 1.165) is 18.1 Å². The minimum absolute atomic E-state index is 0.0941. The molecule has 23 heavy (non-hydrogen) atoms. The van der Waals surface area contributed by atoms with Crippen LogP contribution in [0.5, 0.6) is 0 Å². The zero-order valence-corrected chi connectivity index (χ0v) is 14.5. The van der Waals surface area contributed by atoms with Gasteiger partial charge in [0.1, 0.15) is 5.82 Å². The van der Waals surface area contributed by atoms with Crippen LogP contribution in [0.3, 0.4) is 0 Å². The summed E-state index contributed by atoms with van der Waals surface area (Å²) >= 11 is 0. The van der Waals surface area contributed by atoms with Crippen LogP contribution in [0.15, 0.2) is 29.3 Å². The van der Waals surface area contributed by atoms with Gasteiger partial charge in [-0.3, -0.25) is 9.89 Å². The summed E-state index contributed by atoms with van der Waals surface area (Å²) in [5.74, 6) is 0.540. The molecular weight excluding hydrogens is 291 g/mol. The summed E-state index contributed by atoms with van der Waals surface area (Å²) in [5.41, 5.74) is 1.000. The smallest absolute Gasteiger partial charge is 0.191 e. The fourth-order valence-electron chi connectivity index (χ4n) is 2.96. The molecule has 1 aromatic rings. The van der Waals surface area contributed by atoms with Crippen molar-refractivity contribution in [1.29, 1.82) is 0 Å². The van der Waals surface area contributed by atoms with Crippen LogP contribution >= 0.6 is 0 Å². The Balaban J connectivity index is 1.82. The summed E-state index contributed by atoms with van der Waals surface area (Å²) in [6.07, 6.45) is 3.92. The highest BCUT2D eigenvalue weighted by atomic mass is 19.1. The maximum Gasteiger partial charge on any atom is 0.191 e. The molecule has 0 aliphatic carbocycles. The second kappa shape index (κ2) is 8.29. The number of benzene rings is 1. The number of nitrogens with zero attached hydrogens (tertiary/aromatic N) is 2. The summed E-state index contributed by atoms with van der Waals surface area (Å²) in [7, 11) is 1.76. The first kappa shape index (κ1) is 17.7. The number of nitrogens with one attached hydrogen (secondary N) is 2. The van der Waals surface area contributed by atoms with Crippen molar-refractivity contribution in [3.63, 3.8) is 0 Å². The fraction of sp³-hybridized carbons (Fsp3) is 0.611. The normalized spacial score (nSPS) is 17.1. The quantitative estimate of drug-likeness (QED) is 0.647. The van der Waals surface area contributed by atoms with Crippen LogP contribution in [-0.4, -0.2) is 43.1 Å². The van der Waals surface area contributed by atoms with Crippen molar-refractivity contribution < 1.29 is 4.39 Å². The van der Waals surface area contributed by atoms with Gasteiger partial charge in [0.2, 0.25) is 0 Å². The van der Waals surface area contributed by atoms with Crippen molar-refractivity contribution in [1.82, 2.24) is 15.5 Å². The highest BCUT2D eigenvalue weighted by Crippen LogP contribution is 2.19. The minimum Gasteiger partial charge on any atom is -0.355 e. The van der Waals surface area contributed by atoms with Gasteiger partial charge in [-0.1, -0.05) is 18.6 Å². The van der Waals surface area contributed by atoms with E-state index in [-0.39, 0.29) is 11.4 Å². The van der Waals surface area contributed by atoms with E-state index in [4.69, 9.17) is 0 Å². The van der Waals surface area contributed by atoms with Crippen molar-refractivity contribution in [2.45, 2.75) is 45.2 Å². The molecule has 1 fully saturated rings. The molecule has 0 spiro atoms. The number of hydrogen-bond acceptors (Lipinski definition) is 2. The number of rotatable bonds is 5. The number of hydrogen-bond donors (Lipinski definition) is 2. The molecule has 0 radical (unpaired) electrons. The SMILES string of the molecule is CN=C(NCc1cccc(F)c1)NCC(C)(C)N1CCCCC1. The lowest BCUT2D eigenvalue weighted by Gasteiger charge is -2.41. The second-order valence-electron chi connectivity index (χ2n) is 6.77. The Bertz CT molecular complexity index is 522. The third-order valence-corrected chi connectivity index (χ3v) is 4.47. The number of guanidine groups is 1. The summed E-state index contributed by atoms with van der Waals surface area (Å²) in [6.45, 7) is 8.27. The third kappa shape index (κ3) is 5.50. The Hall–Kier alpha value is -1.62. The van der Waals surface area contributed by atoms with Crippen LogP contribution in [0, 0.1) is 5.82 Å². The number of aliphatic imine (C=N–C) groups is 1. The van der Waals surface area contributed by atoms with Gasteiger partial charge < -0.3 is 10.6 Å². The van der Waals surface area contributed by atoms with Crippen LogP contribution in [0.25, 0.3) is 0 Å². The summed E-state index contributed by atoms with van der Waals surface area (Å²) in [4.78, 5) is 6.80. The van der Waals surface area contributed by atoms with Crippen LogP contribution in [0.2, 0.25) is 0 Å². The molecule has 1 aliphatic rings. The molecule has 2 N–H and O–H groups in total. The topological polar surface area (TPSA) is 39.7 Å². The largest absolute Gasteiger partial charge is 0.355 e. The maximum absolute atomic E-state index is 13.2.